The molecular formula is C16H19BrN4OS. The second kappa shape index (κ2) is 7.40. The summed E-state index contributed by atoms with van der Waals surface area (Å²) in [6.07, 6.45) is 5.92. The number of halogens is 1. The highest BCUT2D eigenvalue weighted by Crippen LogP contribution is 2.32. The van der Waals surface area contributed by atoms with Crippen molar-refractivity contribution in [1.82, 2.24) is 9.97 Å². The van der Waals surface area contributed by atoms with Crippen molar-refractivity contribution in [2.45, 2.75) is 47.9 Å². The van der Waals surface area contributed by atoms with Crippen LogP contribution in [-0.4, -0.2) is 16.0 Å². The van der Waals surface area contributed by atoms with E-state index < -0.39 is 0 Å². The van der Waals surface area contributed by atoms with Gasteiger partial charge in [-0.2, -0.15) is 4.98 Å². The number of nitrogens with two attached hydrogens (primary N) is 1. The Morgan fingerprint density at radius 3 is 2.61 bits per heavy atom. The predicted molar refractivity (Wildman–Crippen MR) is 98.0 cm³/mol. The summed E-state index contributed by atoms with van der Waals surface area (Å²) in [5, 5.41) is 3.42. The minimum absolute atomic E-state index is 0.147. The van der Waals surface area contributed by atoms with Crippen LogP contribution in [0, 0.1) is 0 Å². The fourth-order valence-corrected chi connectivity index (χ4v) is 3.85. The first-order chi connectivity index (χ1) is 11.1. The maximum absolute atomic E-state index is 12.3. The van der Waals surface area contributed by atoms with Gasteiger partial charge in [0.2, 0.25) is 5.95 Å². The van der Waals surface area contributed by atoms with E-state index in [4.69, 9.17) is 5.73 Å². The van der Waals surface area contributed by atoms with Gasteiger partial charge in [-0.1, -0.05) is 47.0 Å². The van der Waals surface area contributed by atoms with Crippen molar-refractivity contribution in [2.75, 3.05) is 11.1 Å². The Morgan fingerprint density at radius 2 is 1.91 bits per heavy atom. The molecule has 1 aliphatic carbocycles. The highest BCUT2D eigenvalue weighted by atomic mass is 79.9. The Labute approximate surface area is 147 Å². The number of nitrogens with one attached hydrogen (secondary N) is 2. The van der Waals surface area contributed by atoms with E-state index in [1.54, 1.807) is 0 Å². The lowest BCUT2D eigenvalue weighted by molar-refractivity contribution is 0.461. The summed E-state index contributed by atoms with van der Waals surface area (Å²) in [5.74, 6) is 0.736. The van der Waals surface area contributed by atoms with Crippen LogP contribution in [0.4, 0.5) is 11.8 Å². The van der Waals surface area contributed by atoms with Crippen LogP contribution in [0.3, 0.4) is 0 Å². The van der Waals surface area contributed by atoms with Gasteiger partial charge in [0.25, 0.3) is 5.56 Å². The monoisotopic (exact) mass is 394 g/mol. The minimum atomic E-state index is -0.205. The van der Waals surface area contributed by atoms with Crippen molar-refractivity contribution >= 4 is 39.5 Å². The van der Waals surface area contributed by atoms with Crippen LogP contribution < -0.4 is 16.6 Å². The zero-order valence-corrected chi connectivity index (χ0v) is 15.0. The van der Waals surface area contributed by atoms with Crippen molar-refractivity contribution in [2.24, 2.45) is 0 Å². The van der Waals surface area contributed by atoms with Gasteiger partial charge in [-0.3, -0.25) is 9.78 Å². The molecule has 1 fully saturated rings. The second-order valence-electron chi connectivity index (χ2n) is 5.66. The number of hydrogen-bond donors (Lipinski definition) is 3. The third-order valence-electron chi connectivity index (χ3n) is 3.87. The molecule has 0 atom stereocenters. The molecule has 1 saturated carbocycles. The van der Waals surface area contributed by atoms with Gasteiger partial charge in [0.15, 0.2) is 0 Å². The SMILES string of the molecule is Nc1nc(NC2CCCCC2)c(Sc2ccc(Br)cc2)c(=O)[nH]1. The molecule has 122 valence electrons. The number of hydrogen-bond acceptors (Lipinski definition) is 5. The molecule has 1 aliphatic rings. The van der Waals surface area contributed by atoms with Crippen LogP contribution in [-0.2, 0) is 0 Å². The van der Waals surface area contributed by atoms with E-state index in [0.717, 1.165) is 22.2 Å². The number of H-pyrrole nitrogens is 1. The highest BCUT2D eigenvalue weighted by Gasteiger charge is 2.18. The van der Waals surface area contributed by atoms with E-state index in [1.165, 1.54) is 31.0 Å². The van der Waals surface area contributed by atoms with Gasteiger partial charge in [0, 0.05) is 15.4 Å². The van der Waals surface area contributed by atoms with Crippen LogP contribution in [0.2, 0.25) is 0 Å². The third kappa shape index (κ3) is 4.29. The quantitative estimate of drug-likeness (QED) is 0.729. The molecule has 1 aromatic carbocycles. The number of aromatic amines is 1. The Bertz CT molecular complexity index is 726. The lowest BCUT2D eigenvalue weighted by Gasteiger charge is -2.24. The molecule has 3 rings (SSSR count). The molecule has 0 unspecified atom stereocenters. The van der Waals surface area contributed by atoms with Crippen LogP contribution in [0.1, 0.15) is 32.1 Å². The van der Waals surface area contributed by atoms with Crippen LogP contribution in [0.15, 0.2) is 43.3 Å². The number of rotatable bonds is 4. The number of nitrogen functional groups attached to an aromatic ring is 1. The maximum atomic E-state index is 12.3. The van der Waals surface area contributed by atoms with Gasteiger partial charge < -0.3 is 11.1 Å². The van der Waals surface area contributed by atoms with Crippen molar-refractivity contribution in [3.05, 3.63) is 39.1 Å². The summed E-state index contributed by atoms with van der Waals surface area (Å²) in [4.78, 5) is 20.8. The summed E-state index contributed by atoms with van der Waals surface area (Å²) >= 11 is 4.82. The number of aromatic nitrogens is 2. The van der Waals surface area contributed by atoms with E-state index >= 15 is 0 Å². The lowest BCUT2D eigenvalue weighted by Crippen LogP contribution is -2.26. The smallest absolute Gasteiger partial charge is 0.268 e. The van der Waals surface area contributed by atoms with Gasteiger partial charge in [-0.15, -0.1) is 0 Å². The number of nitrogens with zero attached hydrogens (tertiary/aromatic N) is 1. The van der Waals surface area contributed by atoms with Crippen LogP contribution in [0.25, 0.3) is 0 Å². The van der Waals surface area contributed by atoms with Crippen molar-refractivity contribution in [3.63, 3.8) is 0 Å². The average Bonchev–Trinajstić information content (AvgIpc) is 2.53. The first-order valence-corrected chi connectivity index (χ1v) is 9.32. The molecule has 5 nitrogen and oxygen atoms in total. The Balaban J connectivity index is 1.88. The van der Waals surface area contributed by atoms with Gasteiger partial charge in [0.1, 0.15) is 10.7 Å². The van der Waals surface area contributed by atoms with Gasteiger partial charge in [-0.25, -0.2) is 0 Å². The molecular weight excluding hydrogens is 376 g/mol. The maximum Gasteiger partial charge on any atom is 0.268 e. The zero-order chi connectivity index (χ0) is 16.2. The van der Waals surface area contributed by atoms with E-state index in [0.29, 0.717) is 16.8 Å². The van der Waals surface area contributed by atoms with Gasteiger partial charge in [0.05, 0.1) is 0 Å². The molecule has 4 N–H and O–H groups in total. The predicted octanol–water partition coefficient (Wildman–Crippen LogP) is 4.01. The van der Waals surface area contributed by atoms with E-state index in [-0.39, 0.29) is 11.5 Å². The normalized spacial score (nSPS) is 15.5. The third-order valence-corrected chi connectivity index (χ3v) is 5.49. The molecule has 0 aliphatic heterocycles. The minimum Gasteiger partial charge on any atom is -0.369 e. The Hall–Kier alpha value is -1.47. The number of anilines is 2. The topological polar surface area (TPSA) is 83.8 Å². The summed E-state index contributed by atoms with van der Waals surface area (Å²) in [6.45, 7) is 0. The van der Waals surface area contributed by atoms with Crippen LogP contribution >= 0.6 is 27.7 Å². The molecule has 0 saturated heterocycles. The van der Waals surface area contributed by atoms with E-state index in [2.05, 4.69) is 31.2 Å². The first kappa shape index (κ1) is 16.4. The van der Waals surface area contributed by atoms with E-state index in [1.807, 2.05) is 24.3 Å². The van der Waals surface area contributed by atoms with E-state index in [9.17, 15) is 4.79 Å². The fourth-order valence-electron chi connectivity index (χ4n) is 2.73. The molecule has 0 amide bonds. The first-order valence-electron chi connectivity index (χ1n) is 7.71. The second-order valence-corrected chi connectivity index (χ2v) is 7.66. The van der Waals surface area contributed by atoms with Crippen LogP contribution in [0.5, 0.6) is 0 Å². The standard InChI is InChI=1S/C16H19BrN4OS/c17-10-6-8-12(9-7-10)23-13-14(20-16(18)21-15(13)22)19-11-4-2-1-3-5-11/h6-9,11H,1-5H2,(H4,18,19,20,21,22). The molecule has 0 bridgehead atoms. The van der Waals surface area contributed by atoms with Crippen molar-refractivity contribution < 1.29 is 0 Å². The molecule has 0 radical (unpaired) electrons. The van der Waals surface area contributed by atoms with Crippen molar-refractivity contribution in [1.29, 1.82) is 0 Å². The summed E-state index contributed by atoms with van der Waals surface area (Å²) < 4.78 is 1.01. The highest BCUT2D eigenvalue weighted by molar-refractivity contribution is 9.10. The van der Waals surface area contributed by atoms with Crippen molar-refractivity contribution in [3.8, 4) is 0 Å². The Morgan fingerprint density at radius 1 is 1.22 bits per heavy atom. The Kier molecular flexibility index (Phi) is 5.27. The molecule has 2 aromatic rings. The summed E-state index contributed by atoms with van der Waals surface area (Å²) in [5.41, 5.74) is 5.52. The average molecular weight is 395 g/mol. The summed E-state index contributed by atoms with van der Waals surface area (Å²) in [6, 6.07) is 8.20. The molecule has 0 spiro atoms. The zero-order valence-electron chi connectivity index (χ0n) is 12.6. The fraction of sp³-hybridized carbons (Fsp3) is 0.375. The largest absolute Gasteiger partial charge is 0.369 e. The summed E-state index contributed by atoms with van der Waals surface area (Å²) in [7, 11) is 0. The molecule has 7 heteroatoms. The molecule has 23 heavy (non-hydrogen) atoms. The van der Waals surface area contributed by atoms with Gasteiger partial charge in [-0.05, 0) is 37.1 Å². The number of benzene rings is 1. The molecule has 1 heterocycles. The lowest BCUT2D eigenvalue weighted by atomic mass is 9.95. The van der Waals surface area contributed by atoms with Gasteiger partial charge >= 0.3 is 0 Å². The molecule has 1 aromatic heterocycles.